The molecule has 0 atom stereocenters. The zero-order valence-corrected chi connectivity index (χ0v) is 13.1. The van der Waals surface area contributed by atoms with E-state index in [1.807, 2.05) is 11.0 Å². The second kappa shape index (κ2) is 7.99. The zero-order chi connectivity index (χ0) is 15.1. The SMILES string of the molecule is CC(C)NCCCC(=O)N1CC=C(c2ccccc2)CC1. The molecule has 0 spiro atoms. The van der Waals surface area contributed by atoms with Crippen molar-refractivity contribution in [3.05, 3.63) is 42.0 Å². The molecule has 0 saturated carbocycles. The standard InChI is InChI=1S/C18H26N2O/c1-15(2)19-12-6-9-18(21)20-13-10-17(11-14-20)16-7-4-3-5-8-16/h3-5,7-8,10,15,19H,6,9,11-14H2,1-2H3. The molecule has 3 nitrogen and oxygen atoms in total. The van der Waals surface area contributed by atoms with E-state index in [9.17, 15) is 4.79 Å². The van der Waals surface area contributed by atoms with E-state index in [0.29, 0.717) is 12.5 Å². The third-order valence-electron chi connectivity index (χ3n) is 3.83. The van der Waals surface area contributed by atoms with Gasteiger partial charge in [-0.25, -0.2) is 0 Å². The topological polar surface area (TPSA) is 32.3 Å². The highest BCUT2D eigenvalue weighted by Crippen LogP contribution is 2.22. The second-order valence-electron chi connectivity index (χ2n) is 5.90. The van der Waals surface area contributed by atoms with Crippen LogP contribution in [0.25, 0.3) is 5.57 Å². The fraction of sp³-hybridized carbons (Fsp3) is 0.500. The van der Waals surface area contributed by atoms with Gasteiger partial charge in [-0.2, -0.15) is 0 Å². The summed E-state index contributed by atoms with van der Waals surface area (Å²) in [5.41, 5.74) is 2.65. The van der Waals surface area contributed by atoms with Crippen LogP contribution in [-0.2, 0) is 4.79 Å². The number of amides is 1. The Labute approximate surface area is 128 Å². The maximum Gasteiger partial charge on any atom is 0.222 e. The maximum atomic E-state index is 12.2. The lowest BCUT2D eigenvalue weighted by Crippen LogP contribution is -2.35. The number of nitrogens with one attached hydrogen (secondary N) is 1. The maximum absolute atomic E-state index is 12.2. The Morgan fingerprint density at radius 2 is 2.05 bits per heavy atom. The predicted octanol–water partition coefficient (Wildman–Crippen LogP) is 3.08. The van der Waals surface area contributed by atoms with Gasteiger partial charge in [0.05, 0.1) is 0 Å². The van der Waals surface area contributed by atoms with Crippen molar-refractivity contribution in [2.75, 3.05) is 19.6 Å². The van der Waals surface area contributed by atoms with Crippen LogP contribution >= 0.6 is 0 Å². The molecule has 21 heavy (non-hydrogen) atoms. The first-order valence-electron chi connectivity index (χ1n) is 7.92. The van der Waals surface area contributed by atoms with Crippen LogP contribution in [0.3, 0.4) is 0 Å². The summed E-state index contributed by atoms with van der Waals surface area (Å²) in [6.45, 7) is 6.77. The minimum Gasteiger partial charge on any atom is -0.339 e. The van der Waals surface area contributed by atoms with Crippen molar-refractivity contribution >= 4 is 11.5 Å². The number of rotatable bonds is 6. The van der Waals surface area contributed by atoms with Crippen LogP contribution in [0.2, 0.25) is 0 Å². The van der Waals surface area contributed by atoms with E-state index in [-0.39, 0.29) is 5.91 Å². The lowest BCUT2D eigenvalue weighted by Gasteiger charge is -2.27. The molecule has 1 N–H and O–H groups in total. The summed E-state index contributed by atoms with van der Waals surface area (Å²) >= 11 is 0. The van der Waals surface area contributed by atoms with E-state index in [4.69, 9.17) is 0 Å². The average molecular weight is 286 g/mol. The molecule has 0 bridgehead atoms. The van der Waals surface area contributed by atoms with Gasteiger partial charge in [0, 0.05) is 25.6 Å². The molecule has 0 unspecified atom stereocenters. The van der Waals surface area contributed by atoms with E-state index >= 15 is 0 Å². The number of hydrogen-bond donors (Lipinski definition) is 1. The number of hydrogen-bond acceptors (Lipinski definition) is 2. The molecule has 0 radical (unpaired) electrons. The highest BCUT2D eigenvalue weighted by Gasteiger charge is 2.17. The van der Waals surface area contributed by atoms with Crippen molar-refractivity contribution in [2.45, 2.75) is 39.2 Å². The Kier molecular flexibility index (Phi) is 6.00. The van der Waals surface area contributed by atoms with Gasteiger partial charge in [0.1, 0.15) is 0 Å². The molecule has 1 heterocycles. The third-order valence-corrected chi connectivity index (χ3v) is 3.83. The summed E-state index contributed by atoms with van der Waals surface area (Å²) in [6.07, 6.45) is 4.72. The average Bonchev–Trinajstić information content (AvgIpc) is 2.52. The Hall–Kier alpha value is -1.61. The van der Waals surface area contributed by atoms with E-state index in [1.54, 1.807) is 0 Å². The van der Waals surface area contributed by atoms with Gasteiger partial charge in [0.15, 0.2) is 0 Å². The van der Waals surface area contributed by atoms with Crippen LogP contribution in [0.1, 0.15) is 38.7 Å². The minimum absolute atomic E-state index is 0.281. The van der Waals surface area contributed by atoms with E-state index < -0.39 is 0 Å². The number of carbonyl (C=O) groups is 1. The van der Waals surface area contributed by atoms with Crippen LogP contribution in [0.15, 0.2) is 36.4 Å². The molecule has 1 aromatic carbocycles. The van der Waals surface area contributed by atoms with Crippen molar-refractivity contribution in [3.63, 3.8) is 0 Å². The zero-order valence-electron chi connectivity index (χ0n) is 13.1. The van der Waals surface area contributed by atoms with Crippen LogP contribution in [0, 0.1) is 0 Å². The molecule has 1 aliphatic heterocycles. The Morgan fingerprint density at radius 1 is 1.29 bits per heavy atom. The van der Waals surface area contributed by atoms with E-state index in [2.05, 4.69) is 49.5 Å². The number of nitrogens with zero attached hydrogens (tertiary/aromatic N) is 1. The largest absolute Gasteiger partial charge is 0.339 e. The smallest absolute Gasteiger partial charge is 0.222 e. The van der Waals surface area contributed by atoms with Gasteiger partial charge in [0.25, 0.3) is 0 Å². The normalized spacial score (nSPS) is 15.2. The summed E-state index contributed by atoms with van der Waals surface area (Å²) < 4.78 is 0. The fourth-order valence-corrected chi connectivity index (χ4v) is 2.60. The van der Waals surface area contributed by atoms with Crippen molar-refractivity contribution in [1.29, 1.82) is 0 Å². The van der Waals surface area contributed by atoms with Crippen molar-refractivity contribution < 1.29 is 4.79 Å². The van der Waals surface area contributed by atoms with Crippen molar-refractivity contribution in [1.82, 2.24) is 10.2 Å². The van der Waals surface area contributed by atoms with Gasteiger partial charge >= 0.3 is 0 Å². The summed E-state index contributed by atoms with van der Waals surface area (Å²) in [4.78, 5) is 14.1. The van der Waals surface area contributed by atoms with Gasteiger partial charge in [-0.05, 0) is 30.5 Å². The van der Waals surface area contributed by atoms with Crippen molar-refractivity contribution in [2.24, 2.45) is 0 Å². The van der Waals surface area contributed by atoms with E-state index in [1.165, 1.54) is 11.1 Å². The van der Waals surface area contributed by atoms with Gasteiger partial charge in [-0.3, -0.25) is 4.79 Å². The molecule has 0 fully saturated rings. The monoisotopic (exact) mass is 286 g/mol. The highest BCUT2D eigenvalue weighted by atomic mass is 16.2. The van der Waals surface area contributed by atoms with Gasteiger partial charge in [0.2, 0.25) is 5.91 Å². The minimum atomic E-state index is 0.281. The lowest BCUT2D eigenvalue weighted by molar-refractivity contribution is -0.130. The van der Waals surface area contributed by atoms with Gasteiger partial charge in [-0.15, -0.1) is 0 Å². The van der Waals surface area contributed by atoms with Crippen LogP contribution in [0.4, 0.5) is 0 Å². The molecule has 1 aliphatic rings. The fourth-order valence-electron chi connectivity index (χ4n) is 2.60. The lowest BCUT2D eigenvalue weighted by atomic mass is 9.99. The Bertz CT molecular complexity index is 479. The Balaban J connectivity index is 1.77. The van der Waals surface area contributed by atoms with Crippen molar-refractivity contribution in [3.8, 4) is 0 Å². The van der Waals surface area contributed by atoms with Gasteiger partial charge < -0.3 is 10.2 Å². The molecule has 1 amide bonds. The first kappa shape index (κ1) is 15.8. The Morgan fingerprint density at radius 3 is 2.67 bits per heavy atom. The summed E-state index contributed by atoms with van der Waals surface area (Å²) in [5, 5.41) is 3.35. The molecule has 1 aromatic rings. The molecule has 0 aromatic heterocycles. The molecular weight excluding hydrogens is 260 g/mol. The molecular formula is C18H26N2O. The molecule has 114 valence electrons. The summed E-state index contributed by atoms with van der Waals surface area (Å²) in [5.74, 6) is 0.281. The molecule has 2 rings (SSSR count). The second-order valence-corrected chi connectivity index (χ2v) is 5.90. The van der Waals surface area contributed by atoms with Gasteiger partial charge in [-0.1, -0.05) is 50.3 Å². The summed E-state index contributed by atoms with van der Waals surface area (Å²) in [6, 6.07) is 10.9. The third kappa shape index (κ3) is 5.01. The van der Waals surface area contributed by atoms with Crippen LogP contribution in [-0.4, -0.2) is 36.5 Å². The molecule has 3 heteroatoms. The predicted molar refractivity (Wildman–Crippen MR) is 88.0 cm³/mol. The highest BCUT2D eigenvalue weighted by molar-refractivity contribution is 5.78. The number of carbonyl (C=O) groups excluding carboxylic acids is 1. The quantitative estimate of drug-likeness (QED) is 0.815. The van der Waals surface area contributed by atoms with Crippen LogP contribution in [0.5, 0.6) is 0 Å². The first-order valence-corrected chi connectivity index (χ1v) is 7.92. The van der Waals surface area contributed by atoms with Crippen LogP contribution < -0.4 is 5.32 Å². The first-order chi connectivity index (χ1) is 10.2. The molecule has 0 aliphatic carbocycles. The molecule has 0 saturated heterocycles. The van der Waals surface area contributed by atoms with E-state index in [0.717, 1.165) is 32.5 Å². The number of benzene rings is 1. The summed E-state index contributed by atoms with van der Waals surface area (Å²) in [7, 11) is 0.